The average molecular weight is 310 g/mol. The first kappa shape index (κ1) is 14.9. The Hall–Kier alpha value is -1.46. The molecule has 0 saturated heterocycles. The van der Waals surface area contributed by atoms with Gasteiger partial charge in [0.1, 0.15) is 0 Å². The van der Waals surface area contributed by atoms with E-state index in [1.54, 1.807) is 36.1 Å². The largest absolute Gasteiger partial charge is 0.341 e. The predicted octanol–water partition coefficient (Wildman–Crippen LogP) is 3.20. The molecule has 6 heteroatoms. The Morgan fingerprint density at radius 3 is 2.95 bits per heavy atom. The van der Waals surface area contributed by atoms with Gasteiger partial charge < -0.3 is 4.90 Å². The molecule has 0 unspecified atom stereocenters. The van der Waals surface area contributed by atoms with E-state index in [0.717, 1.165) is 21.2 Å². The van der Waals surface area contributed by atoms with Crippen molar-refractivity contribution in [1.29, 1.82) is 0 Å². The maximum Gasteiger partial charge on any atom is 0.223 e. The van der Waals surface area contributed by atoms with Crippen molar-refractivity contribution in [1.82, 2.24) is 15.1 Å². The number of hydrogen-bond donors (Lipinski definition) is 1. The first-order chi connectivity index (χ1) is 9.66. The third-order valence-corrected chi connectivity index (χ3v) is 4.33. The molecule has 4 nitrogen and oxygen atoms in total. The van der Waals surface area contributed by atoms with Gasteiger partial charge in [-0.2, -0.15) is 5.10 Å². The highest BCUT2D eigenvalue weighted by Crippen LogP contribution is 2.27. The van der Waals surface area contributed by atoms with Crippen molar-refractivity contribution in [3.05, 3.63) is 47.2 Å². The maximum absolute atomic E-state index is 12.0. The topological polar surface area (TPSA) is 49.0 Å². The molecular weight excluding hydrogens is 294 g/mol. The summed E-state index contributed by atoms with van der Waals surface area (Å²) in [5, 5.41) is 7.34. The van der Waals surface area contributed by atoms with E-state index < -0.39 is 0 Å². The van der Waals surface area contributed by atoms with Crippen LogP contribution in [0, 0.1) is 0 Å². The van der Waals surface area contributed by atoms with E-state index >= 15 is 0 Å². The maximum atomic E-state index is 12.0. The molecule has 0 bridgehead atoms. The van der Waals surface area contributed by atoms with Crippen LogP contribution in [0.4, 0.5) is 0 Å². The molecule has 0 radical (unpaired) electrons. The summed E-state index contributed by atoms with van der Waals surface area (Å²) in [5.74, 6) is 0.837. The molecule has 0 aliphatic heterocycles. The van der Waals surface area contributed by atoms with Crippen LogP contribution in [0.1, 0.15) is 12.0 Å². The van der Waals surface area contributed by atoms with Crippen LogP contribution in [0.2, 0.25) is 5.02 Å². The molecule has 20 heavy (non-hydrogen) atoms. The van der Waals surface area contributed by atoms with Crippen molar-refractivity contribution in [2.45, 2.75) is 17.9 Å². The van der Waals surface area contributed by atoms with Crippen molar-refractivity contribution in [2.24, 2.45) is 0 Å². The summed E-state index contributed by atoms with van der Waals surface area (Å²) in [6, 6.07) is 7.67. The molecule has 0 fully saturated rings. The van der Waals surface area contributed by atoms with Crippen LogP contribution in [0.5, 0.6) is 0 Å². The zero-order valence-electron chi connectivity index (χ0n) is 11.2. The zero-order chi connectivity index (χ0) is 14.4. The summed E-state index contributed by atoms with van der Waals surface area (Å²) >= 11 is 7.67. The van der Waals surface area contributed by atoms with E-state index in [1.807, 2.05) is 24.3 Å². The molecule has 0 saturated carbocycles. The lowest BCUT2D eigenvalue weighted by atomic mass is 10.3. The van der Waals surface area contributed by atoms with Gasteiger partial charge in [-0.25, -0.2) is 0 Å². The van der Waals surface area contributed by atoms with E-state index in [1.165, 1.54) is 0 Å². The Bertz CT molecular complexity index is 559. The van der Waals surface area contributed by atoms with Gasteiger partial charge in [0.05, 0.1) is 11.2 Å². The number of aromatic nitrogens is 2. The number of halogens is 1. The van der Waals surface area contributed by atoms with Gasteiger partial charge in [-0.05, 0) is 12.1 Å². The minimum atomic E-state index is 0.116. The SMILES string of the molecule is CN(Cc1cn[nH]c1)C(=O)CCSc1ccccc1Cl. The molecule has 2 rings (SSSR count). The minimum absolute atomic E-state index is 0.116. The molecule has 1 heterocycles. The van der Waals surface area contributed by atoms with Crippen molar-refractivity contribution in [3.63, 3.8) is 0 Å². The van der Waals surface area contributed by atoms with Gasteiger partial charge >= 0.3 is 0 Å². The van der Waals surface area contributed by atoms with E-state index in [-0.39, 0.29) is 5.91 Å². The van der Waals surface area contributed by atoms with Gasteiger partial charge in [0.15, 0.2) is 0 Å². The standard InChI is InChI=1S/C14H16ClN3OS/c1-18(10-11-8-16-17-9-11)14(19)6-7-20-13-5-3-2-4-12(13)15/h2-5,8-9H,6-7,10H2,1H3,(H,16,17). The van der Waals surface area contributed by atoms with Crippen LogP contribution in [0.15, 0.2) is 41.6 Å². The molecule has 0 spiro atoms. The van der Waals surface area contributed by atoms with E-state index in [9.17, 15) is 4.79 Å². The molecule has 0 aliphatic carbocycles. The lowest BCUT2D eigenvalue weighted by Gasteiger charge is -2.16. The van der Waals surface area contributed by atoms with Gasteiger partial charge in [0, 0.05) is 42.4 Å². The number of carbonyl (C=O) groups excluding carboxylic acids is 1. The molecule has 2 aromatic rings. The second-order valence-corrected chi connectivity index (χ2v) is 5.93. The molecule has 1 aromatic carbocycles. The summed E-state index contributed by atoms with van der Waals surface area (Å²) < 4.78 is 0. The van der Waals surface area contributed by atoms with Crippen molar-refractivity contribution in [2.75, 3.05) is 12.8 Å². The van der Waals surface area contributed by atoms with Gasteiger partial charge in [0.25, 0.3) is 0 Å². The highest BCUT2D eigenvalue weighted by molar-refractivity contribution is 7.99. The summed E-state index contributed by atoms with van der Waals surface area (Å²) in [6.45, 7) is 0.575. The Morgan fingerprint density at radius 2 is 2.25 bits per heavy atom. The monoisotopic (exact) mass is 309 g/mol. The van der Waals surface area contributed by atoms with Gasteiger partial charge in [-0.1, -0.05) is 23.7 Å². The normalized spacial score (nSPS) is 10.5. The fourth-order valence-corrected chi connectivity index (χ4v) is 2.90. The van der Waals surface area contributed by atoms with Gasteiger partial charge in [0.2, 0.25) is 5.91 Å². The second kappa shape index (κ2) is 7.36. The number of carbonyl (C=O) groups is 1. The Balaban J connectivity index is 1.76. The Morgan fingerprint density at radius 1 is 1.45 bits per heavy atom. The van der Waals surface area contributed by atoms with Gasteiger partial charge in [-0.15, -0.1) is 11.8 Å². The summed E-state index contributed by atoms with van der Waals surface area (Å²) in [6.07, 6.45) is 4.01. The fourth-order valence-electron chi connectivity index (χ4n) is 1.73. The Kier molecular flexibility index (Phi) is 5.49. The molecule has 0 atom stereocenters. The first-order valence-corrected chi connectivity index (χ1v) is 7.62. The van der Waals surface area contributed by atoms with Crippen LogP contribution in [-0.4, -0.2) is 33.8 Å². The molecule has 106 valence electrons. The summed E-state index contributed by atoms with van der Waals surface area (Å²) in [5.41, 5.74) is 1.000. The van der Waals surface area contributed by atoms with Crippen LogP contribution in [0.3, 0.4) is 0 Å². The third-order valence-electron chi connectivity index (χ3n) is 2.81. The van der Waals surface area contributed by atoms with Crippen molar-refractivity contribution < 1.29 is 4.79 Å². The quantitative estimate of drug-likeness (QED) is 0.834. The lowest BCUT2D eigenvalue weighted by molar-refractivity contribution is -0.129. The van der Waals surface area contributed by atoms with Crippen LogP contribution in [-0.2, 0) is 11.3 Å². The van der Waals surface area contributed by atoms with Crippen molar-refractivity contribution >= 4 is 29.3 Å². The number of nitrogens with zero attached hydrogens (tertiary/aromatic N) is 2. The molecule has 1 amide bonds. The number of nitrogens with one attached hydrogen (secondary N) is 1. The smallest absolute Gasteiger partial charge is 0.223 e. The number of hydrogen-bond acceptors (Lipinski definition) is 3. The molecule has 0 aliphatic rings. The zero-order valence-corrected chi connectivity index (χ0v) is 12.7. The molecular formula is C14H16ClN3OS. The van der Waals surface area contributed by atoms with E-state index in [2.05, 4.69) is 10.2 Å². The molecule has 1 N–H and O–H groups in total. The number of amides is 1. The van der Waals surface area contributed by atoms with Crippen LogP contribution >= 0.6 is 23.4 Å². The number of benzene rings is 1. The van der Waals surface area contributed by atoms with E-state index in [4.69, 9.17) is 11.6 Å². The first-order valence-electron chi connectivity index (χ1n) is 6.26. The lowest BCUT2D eigenvalue weighted by Crippen LogP contribution is -2.26. The number of rotatable bonds is 6. The van der Waals surface area contributed by atoms with Crippen LogP contribution < -0.4 is 0 Å². The van der Waals surface area contributed by atoms with E-state index in [0.29, 0.717) is 13.0 Å². The second-order valence-electron chi connectivity index (χ2n) is 4.39. The average Bonchev–Trinajstić information content (AvgIpc) is 2.93. The number of aromatic amines is 1. The van der Waals surface area contributed by atoms with Crippen LogP contribution in [0.25, 0.3) is 0 Å². The molecule has 1 aromatic heterocycles. The summed E-state index contributed by atoms with van der Waals surface area (Å²) in [7, 11) is 1.80. The predicted molar refractivity (Wildman–Crippen MR) is 81.9 cm³/mol. The number of H-pyrrole nitrogens is 1. The highest BCUT2D eigenvalue weighted by atomic mass is 35.5. The van der Waals surface area contributed by atoms with Gasteiger partial charge in [-0.3, -0.25) is 9.89 Å². The highest BCUT2D eigenvalue weighted by Gasteiger charge is 2.10. The number of thioether (sulfide) groups is 1. The van der Waals surface area contributed by atoms with Crippen molar-refractivity contribution in [3.8, 4) is 0 Å². The Labute approximate surface area is 127 Å². The minimum Gasteiger partial charge on any atom is -0.341 e. The fraction of sp³-hybridized carbons (Fsp3) is 0.286. The third kappa shape index (κ3) is 4.28. The summed E-state index contributed by atoms with van der Waals surface area (Å²) in [4.78, 5) is 14.7.